The molecule has 0 aromatic carbocycles. The number of amides is 1. The highest BCUT2D eigenvalue weighted by molar-refractivity contribution is 7.80. The quantitative estimate of drug-likeness (QED) is 0.731. The summed E-state index contributed by atoms with van der Waals surface area (Å²) in [6, 6.07) is 0. The predicted octanol–water partition coefficient (Wildman–Crippen LogP) is 0.946. The van der Waals surface area contributed by atoms with Gasteiger partial charge in [0.15, 0.2) is 0 Å². The molecule has 0 rings (SSSR count). The summed E-state index contributed by atoms with van der Waals surface area (Å²) in [5.74, 6) is -0.737. The minimum Gasteiger partial charge on any atom is -0.393 e. The Morgan fingerprint density at radius 2 is 2.06 bits per heavy atom. The van der Waals surface area contributed by atoms with Crippen LogP contribution in [0.4, 0.5) is 13.2 Å². The number of carbonyl (C=O) groups is 1. The molecule has 1 unspecified atom stereocenters. The van der Waals surface area contributed by atoms with Crippen molar-refractivity contribution in [1.82, 2.24) is 4.90 Å². The van der Waals surface area contributed by atoms with Crippen molar-refractivity contribution in [1.29, 1.82) is 0 Å². The Morgan fingerprint density at radius 1 is 1.53 bits per heavy atom. The van der Waals surface area contributed by atoms with Crippen molar-refractivity contribution < 1.29 is 22.7 Å². The van der Waals surface area contributed by atoms with E-state index in [1.807, 2.05) is 0 Å². The molecule has 0 aromatic rings. The Bertz CT molecular complexity index is 284. The average molecular weight is 272 g/mol. The molecule has 0 fully saturated rings. The molecule has 0 spiro atoms. The number of carbonyl (C=O) groups excluding carboxylic acids is 1. The topological polar surface area (TPSA) is 55.6 Å². The molecule has 0 aliphatic heterocycles. The minimum atomic E-state index is -4.43. The van der Waals surface area contributed by atoms with Gasteiger partial charge in [-0.2, -0.15) is 13.2 Å². The summed E-state index contributed by atoms with van der Waals surface area (Å²) in [5.41, 5.74) is 5.36. The molecule has 8 heteroatoms. The third-order valence-corrected chi connectivity index (χ3v) is 2.35. The lowest BCUT2D eigenvalue weighted by atomic mass is 10.2. The summed E-state index contributed by atoms with van der Waals surface area (Å²) in [7, 11) is 1.45. The number of rotatable bonds is 6. The maximum Gasteiger partial charge on any atom is 0.411 e. The zero-order chi connectivity index (χ0) is 13.6. The van der Waals surface area contributed by atoms with Crippen LogP contribution in [0.2, 0.25) is 0 Å². The van der Waals surface area contributed by atoms with Crippen molar-refractivity contribution in [2.24, 2.45) is 11.7 Å². The Hall–Kier alpha value is -0.890. The van der Waals surface area contributed by atoms with Gasteiger partial charge in [0.25, 0.3) is 0 Å². The van der Waals surface area contributed by atoms with Gasteiger partial charge in [0.2, 0.25) is 5.91 Å². The molecule has 1 atom stereocenters. The fraction of sp³-hybridized carbons (Fsp3) is 0.778. The van der Waals surface area contributed by atoms with Crippen LogP contribution in [0, 0.1) is 5.92 Å². The molecule has 100 valence electrons. The predicted molar refractivity (Wildman–Crippen MR) is 60.5 cm³/mol. The van der Waals surface area contributed by atoms with E-state index in [0.717, 1.165) is 0 Å². The van der Waals surface area contributed by atoms with Crippen LogP contribution in [0.5, 0.6) is 0 Å². The molecule has 0 saturated heterocycles. The van der Waals surface area contributed by atoms with Gasteiger partial charge < -0.3 is 15.4 Å². The van der Waals surface area contributed by atoms with Crippen molar-refractivity contribution in [3.05, 3.63) is 0 Å². The van der Waals surface area contributed by atoms with E-state index in [9.17, 15) is 18.0 Å². The number of nitrogens with two attached hydrogens (primary N) is 1. The highest BCUT2D eigenvalue weighted by Gasteiger charge is 2.28. The van der Waals surface area contributed by atoms with Crippen LogP contribution in [0.3, 0.4) is 0 Å². The highest BCUT2D eigenvalue weighted by atomic mass is 32.1. The smallest absolute Gasteiger partial charge is 0.393 e. The largest absolute Gasteiger partial charge is 0.411 e. The van der Waals surface area contributed by atoms with E-state index in [1.165, 1.54) is 11.9 Å². The molecule has 17 heavy (non-hydrogen) atoms. The third-order valence-electron chi connectivity index (χ3n) is 1.95. The van der Waals surface area contributed by atoms with Crippen LogP contribution in [0.1, 0.15) is 6.92 Å². The summed E-state index contributed by atoms with van der Waals surface area (Å²) in [6.45, 7) is -0.0657. The zero-order valence-electron chi connectivity index (χ0n) is 9.58. The number of halogens is 3. The van der Waals surface area contributed by atoms with Crippen molar-refractivity contribution in [2.75, 3.05) is 26.8 Å². The van der Waals surface area contributed by atoms with Gasteiger partial charge in [0, 0.05) is 19.5 Å². The number of hydrogen-bond donors (Lipinski definition) is 1. The van der Waals surface area contributed by atoms with Crippen LogP contribution in [0.25, 0.3) is 0 Å². The molecule has 0 aliphatic carbocycles. The van der Waals surface area contributed by atoms with E-state index < -0.39 is 25.3 Å². The monoisotopic (exact) mass is 272 g/mol. The van der Waals surface area contributed by atoms with Crippen LogP contribution in [-0.4, -0.2) is 48.8 Å². The van der Waals surface area contributed by atoms with Crippen molar-refractivity contribution >= 4 is 23.1 Å². The van der Waals surface area contributed by atoms with E-state index in [2.05, 4.69) is 4.74 Å². The van der Waals surface area contributed by atoms with Gasteiger partial charge in [-0.25, -0.2) is 0 Å². The second-order valence-electron chi connectivity index (χ2n) is 3.69. The Labute approximate surface area is 103 Å². The first kappa shape index (κ1) is 16.1. The van der Waals surface area contributed by atoms with Crippen LogP contribution < -0.4 is 5.73 Å². The molecule has 0 aliphatic rings. The molecule has 4 nitrogen and oxygen atoms in total. The summed E-state index contributed by atoms with van der Waals surface area (Å²) in [4.78, 5) is 12.8. The summed E-state index contributed by atoms with van der Waals surface area (Å²) < 4.78 is 39.5. The first-order valence-electron chi connectivity index (χ1n) is 4.81. The highest BCUT2D eigenvalue weighted by Crippen LogP contribution is 2.14. The molecule has 1 amide bonds. The molecular weight excluding hydrogens is 257 g/mol. The van der Waals surface area contributed by atoms with Gasteiger partial charge in [-0.1, -0.05) is 19.1 Å². The number of hydrogen-bond acceptors (Lipinski definition) is 3. The maximum atomic E-state index is 11.7. The molecule has 0 saturated carbocycles. The molecule has 0 radical (unpaired) electrons. The lowest BCUT2D eigenvalue weighted by molar-refractivity contribution is -0.177. The maximum absolute atomic E-state index is 11.7. The van der Waals surface area contributed by atoms with Crippen LogP contribution >= 0.6 is 12.2 Å². The van der Waals surface area contributed by atoms with Gasteiger partial charge in [0.1, 0.15) is 13.2 Å². The normalized spacial score (nSPS) is 13.2. The Kier molecular flexibility index (Phi) is 6.40. The van der Waals surface area contributed by atoms with E-state index >= 15 is 0 Å². The van der Waals surface area contributed by atoms with Gasteiger partial charge in [-0.3, -0.25) is 4.79 Å². The van der Waals surface area contributed by atoms with Crippen LogP contribution in [-0.2, 0) is 9.53 Å². The Balaban J connectivity index is 3.94. The fourth-order valence-corrected chi connectivity index (χ4v) is 1.04. The van der Waals surface area contributed by atoms with Crippen molar-refractivity contribution in [2.45, 2.75) is 13.1 Å². The third kappa shape index (κ3) is 7.92. The van der Waals surface area contributed by atoms with Crippen LogP contribution in [0.15, 0.2) is 0 Å². The van der Waals surface area contributed by atoms with Gasteiger partial charge in [0.05, 0.1) is 4.99 Å². The van der Waals surface area contributed by atoms with Crippen molar-refractivity contribution in [3.63, 3.8) is 0 Å². The summed E-state index contributed by atoms with van der Waals surface area (Å²) in [6.07, 6.45) is -4.43. The van der Waals surface area contributed by atoms with Gasteiger partial charge in [-0.15, -0.1) is 0 Å². The molecule has 2 N–H and O–H groups in total. The van der Waals surface area contributed by atoms with E-state index in [4.69, 9.17) is 18.0 Å². The number of ether oxygens (including phenoxy) is 1. The fourth-order valence-electron chi connectivity index (χ4n) is 0.967. The van der Waals surface area contributed by atoms with E-state index in [0.29, 0.717) is 0 Å². The number of likely N-dealkylation sites (N-methyl/N-ethyl adjacent to an activating group) is 1. The first-order valence-corrected chi connectivity index (χ1v) is 5.22. The van der Waals surface area contributed by atoms with Gasteiger partial charge in [-0.05, 0) is 0 Å². The SMILES string of the molecule is CC(CN(C)C(=O)COCC(F)(F)F)C(N)=S. The first-order chi connectivity index (χ1) is 7.63. The standard InChI is InChI=1S/C9H15F3N2O2S/c1-6(8(13)17)3-14(2)7(15)4-16-5-9(10,11)12/h6H,3-5H2,1-2H3,(H2,13,17). The molecular formula is C9H15F3N2O2S. The number of alkyl halides is 3. The number of thiocarbonyl (C=S) groups is 1. The zero-order valence-corrected chi connectivity index (χ0v) is 10.4. The second kappa shape index (κ2) is 6.75. The lowest BCUT2D eigenvalue weighted by Gasteiger charge is -2.21. The second-order valence-corrected chi connectivity index (χ2v) is 4.16. The Morgan fingerprint density at radius 3 is 2.47 bits per heavy atom. The molecule has 0 bridgehead atoms. The minimum absolute atomic E-state index is 0.193. The van der Waals surface area contributed by atoms with E-state index in [1.54, 1.807) is 6.92 Å². The summed E-state index contributed by atoms with van der Waals surface area (Å²) >= 11 is 4.72. The molecule has 0 heterocycles. The molecule has 0 aromatic heterocycles. The summed E-state index contributed by atoms with van der Waals surface area (Å²) in [5, 5.41) is 0. The van der Waals surface area contributed by atoms with Gasteiger partial charge >= 0.3 is 6.18 Å². The average Bonchev–Trinajstić information content (AvgIpc) is 2.15. The van der Waals surface area contributed by atoms with E-state index in [-0.39, 0.29) is 17.5 Å². The lowest BCUT2D eigenvalue weighted by Crippen LogP contribution is -2.37. The van der Waals surface area contributed by atoms with Crippen molar-refractivity contribution in [3.8, 4) is 0 Å². The number of nitrogens with zero attached hydrogens (tertiary/aromatic N) is 1.